The van der Waals surface area contributed by atoms with Crippen LogP contribution in [0.3, 0.4) is 0 Å². The van der Waals surface area contributed by atoms with Crippen molar-refractivity contribution in [3.8, 4) is 5.75 Å². The van der Waals surface area contributed by atoms with E-state index >= 15 is 0 Å². The van der Waals surface area contributed by atoms with Crippen LogP contribution in [0.1, 0.15) is 20.3 Å². The van der Waals surface area contributed by atoms with Crippen LogP contribution in [-0.2, 0) is 0 Å². The van der Waals surface area contributed by atoms with E-state index < -0.39 is 18.7 Å². The summed E-state index contributed by atoms with van der Waals surface area (Å²) in [4.78, 5) is 0. The van der Waals surface area contributed by atoms with Crippen molar-refractivity contribution < 1.29 is 23.0 Å². The lowest BCUT2D eigenvalue weighted by Gasteiger charge is -2.15. The van der Waals surface area contributed by atoms with Gasteiger partial charge in [0.1, 0.15) is 5.75 Å². The van der Waals surface area contributed by atoms with E-state index in [-0.39, 0.29) is 12.6 Å². The lowest BCUT2D eigenvalue weighted by Crippen LogP contribution is -2.26. The minimum absolute atomic E-state index is 0.0195. The predicted molar refractivity (Wildman–Crippen MR) is 67.4 cm³/mol. The summed E-state index contributed by atoms with van der Waals surface area (Å²) in [5.74, 6) is 0.630. The molecule has 0 aliphatic heterocycles. The monoisotopic (exact) mass is 277 g/mol. The van der Waals surface area contributed by atoms with Crippen LogP contribution in [0.5, 0.6) is 5.75 Å². The molecule has 19 heavy (non-hydrogen) atoms. The molecule has 6 heteroatoms. The standard InChI is InChI=1S/C13H18F3NO2/c1-9(2)19-12-5-3-4-10(6-12)17-8-11(18)7-13(14,15)16/h3-6,9,11,17-18H,7-8H2,1-2H3/t11-/m0/s1. The van der Waals surface area contributed by atoms with Crippen LogP contribution in [0.25, 0.3) is 0 Å². The zero-order chi connectivity index (χ0) is 14.5. The van der Waals surface area contributed by atoms with Crippen LogP contribution >= 0.6 is 0 Å². The van der Waals surface area contributed by atoms with E-state index in [1.165, 1.54) is 0 Å². The minimum Gasteiger partial charge on any atom is -0.491 e. The quantitative estimate of drug-likeness (QED) is 0.839. The molecular formula is C13H18F3NO2. The van der Waals surface area contributed by atoms with Gasteiger partial charge in [0.2, 0.25) is 0 Å². The largest absolute Gasteiger partial charge is 0.491 e. The highest BCUT2D eigenvalue weighted by atomic mass is 19.4. The molecule has 0 spiro atoms. The summed E-state index contributed by atoms with van der Waals surface area (Å²) < 4.78 is 41.6. The molecule has 1 aromatic carbocycles. The van der Waals surface area contributed by atoms with Gasteiger partial charge in [-0.3, -0.25) is 0 Å². The Hall–Kier alpha value is -1.43. The highest BCUT2D eigenvalue weighted by Gasteiger charge is 2.30. The minimum atomic E-state index is -4.36. The number of alkyl halides is 3. The maximum absolute atomic E-state index is 12.0. The summed E-state index contributed by atoms with van der Waals surface area (Å²) in [7, 11) is 0. The van der Waals surface area contributed by atoms with Gasteiger partial charge < -0.3 is 15.2 Å². The molecule has 0 saturated heterocycles. The van der Waals surface area contributed by atoms with Gasteiger partial charge in [-0.2, -0.15) is 13.2 Å². The number of benzene rings is 1. The van der Waals surface area contributed by atoms with E-state index in [9.17, 15) is 18.3 Å². The van der Waals surface area contributed by atoms with Crippen molar-refractivity contribution in [2.75, 3.05) is 11.9 Å². The molecule has 1 rings (SSSR count). The third kappa shape index (κ3) is 6.91. The van der Waals surface area contributed by atoms with Gasteiger partial charge in [0.15, 0.2) is 0 Å². The second-order valence-corrected chi connectivity index (χ2v) is 4.55. The first kappa shape index (κ1) is 15.6. The van der Waals surface area contributed by atoms with Gasteiger partial charge in [0.05, 0.1) is 18.6 Å². The molecule has 0 aliphatic rings. The average molecular weight is 277 g/mol. The van der Waals surface area contributed by atoms with E-state index in [1.54, 1.807) is 24.3 Å². The van der Waals surface area contributed by atoms with Gasteiger partial charge in [0.25, 0.3) is 0 Å². The molecule has 1 atom stereocenters. The number of nitrogens with one attached hydrogen (secondary N) is 1. The van der Waals surface area contributed by atoms with Crippen molar-refractivity contribution in [2.24, 2.45) is 0 Å². The first-order chi connectivity index (χ1) is 8.76. The van der Waals surface area contributed by atoms with E-state index in [4.69, 9.17) is 4.74 Å². The molecule has 1 aromatic rings. The Morgan fingerprint density at radius 2 is 2.00 bits per heavy atom. The third-order valence-electron chi connectivity index (χ3n) is 2.21. The van der Waals surface area contributed by atoms with Gasteiger partial charge in [0, 0.05) is 18.3 Å². The van der Waals surface area contributed by atoms with E-state index in [1.807, 2.05) is 13.8 Å². The van der Waals surface area contributed by atoms with Crippen molar-refractivity contribution in [1.29, 1.82) is 0 Å². The van der Waals surface area contributed by atoms with Crippen molar-refractivity contribution >= 4 is 5.69 Å². The van der Waals surface area contributed by atoms with Crippen LogP contribution < -0.4 is 10.1 Å². The average Bonchev–Trinajstić information content (AvgIpc) is 2.23. The molecule has 0 aliphatic carbocycles. The first-order valence-corrected chi connectivity index (χ1v) is 6.01. The summed E-state index contributed by atoms with van der Waals surface area (Å²) in [6.45, 7) is 3.60. The number of hydrogen-bond acceptors (Lipinski definition) is 3. The molecule has 0 amide bonds. The SMILES string of the molecule is CC(C)Oc1cccc(NC[C@@H](O)CC(F)(F)F)c1. The summed E-state index contributed by atoms with van der Waals surface area (Å²) >= 11 is 0. The number of aliphatic hydroxyl groups is 1. The van der Waals surface area contributed by atoms with Gasteiger partial charge in [-0.15, -0.1) is 0 Å². The number of rotatable bonds is 6. The number of ether oxygens (including phenoxy) is 1. The van der Waals surface area contributed by atoms with Crippen LogP contribution in [0.2, 0.25) is 0 Å². The van der Waals surface area contributed by atoms with E-state index in [0.29, 0.717) is 11.4 Å². The molecule has 0 heterocycles. The number of hydrogen-bond donors (Lipinski definition) is 2. The Labute approximate surface area is 110 Å². The molecule has 0 unspecified atom stereocenters. The number of aliphatic hydroxyl groups excluding tert-OH is 1. The number of halogens is 3. The van der Waals surface area contributed by atoms with Crippen LogP contribution in [-0.4, -0.2) is 30.0 Å². The lowest BCUT2D eigenvalue weighted by atomic mass is 10.2. The Morgan fingerprint density at radius 3 is 2.58 bits per heavy atom. The highest BCUT2D eigenvalue weighted by molar-refractivity contribution is 5.48. The van der Waals surface area contributed by atoms with Crippen LogP contribution in [0, 0.1) is 0 Å². The Bertz CT molecular complexity index is 394. The second-order valence-electron chi connectivity index (χ2n) is 4.55. The molecule has 0 aromatic heterocycles. The van der Waals surface area contributed by atoms with Gasteiger partial charge in [-0.05, 0) is 26.0 Å². The van der Waals surface area contributed by atoms with Gasteiger partial charge in [-0.1, -0.05) is 6.07 Å². The molecule has 0 fully saturated rings. The van der Waals surface area contributed by atoms with Crippen LogP contribution in [0.15, 0.2) is 24.3 Å². The summed E-state index contributed by atoms with van der Waals surface area (Å²) in [6.07, 6.45) is -7.02. The predicted octanol–water partition coefficient (Wildman–Crippen LogP) is 3.20. The van der Waals surface area contributed by atoms with Gasteiger partial charge in [-0.25, -0.2) is 0 Å². The Morgan fingerprint density at radius 1 is 1.32 bits per heavy atom. The lowest BCUT2D eigenvalue weighted by molar-refractivity contribution is -0.151. The zero-order valence-corrected chi connectivity index (χ0v) is 10.9. The smallest absolute Gasteiger partial charge is 0.391 e. The van der Waals surface area contributed by atoms with Crippen LogP contribution in [0.4, 0.5) is 18.9 Å². The summed E-state index contributed by atoms with van der Waals surface area (Å²) in [5, 5.41) is 12.0. The van der Waals surface area contributed by atoms with Crippen molar-refractivity contribution in [3.63, 3.8) is 0 Å². The van der Waals surface area contributed by atoms with E-state index in [2.05, 4.69) is 5.32 Å². The maximum Gasteiger partial charge on any atom is 0.391 e. The maximum atomic E-state index is 12.0. The molecule has 0 saturated carbocycles. The fourth-order valence-electron chi connectivity index (χ4n) is 1.53. The fraction of sp³-hybridized carbons (Fsp3) is 0.538. The summed E-state index contributed by atoms with van der Waals surface area (Å²) in [5.41, 5.74) is 0.611. The third-order valence-corrected chi connectivity index (χ3v) is 2.21. The zero-order valence-electron chi connectivity index (χ0n) is 10.9. The molecule has 3 nitrogen and oxygen atoms in total. The molecular weight excluding hydrogens is 259 g/mol. The molecule has 2 N–H and O–H groups in total. The Kier molecular flexibility index (Phi) is 5.47. The Balaban J connectivity index is 2.49. The number of anilines is 1. The molecule has 0 bridgehead atoms. The van der Waals surface area contributed by atoms with Crippen molar-refractivity contribution in [3.05, 3.63) is 24.3 Å². The normalized spacial score (nSPS) is 13.4. The van der Waals surface area contributed by atoms with E-state index in [0.717, 1.165) is 0 Å². The molecule has 0 radical (unpaired) electrons. The highest BCUT2D eigenvalue weighted by Crippen LogP contribution is 2.22. The first-order valence-electron chi connectivity index (χ1n) is 6.01. The second kappa shape index (κ2) is 6.65. The summed E-state index contributed by atoms with van der Waals surface area (Å²) in [6, 6.07) is 6.88. The topological polar surface area (TPSA) is 41.5 Å². The van der Waals surface area contributed by atoms with Crippen molar-refractivity contribution in [1.82, 2.24) is 0 Å². The molecule has 108 valence electrons. The fourth-order valence-corrected chi connectivity index (χ4v) is 1.53. The van der Waals surface area contributed by atoms with Crippen molar-refractivity contribution in [2.45, 2.75) is 38.7 Å². The van der Waals surface area contributed by atoms with Gasteiger partial charge >= 0.3 is 6.18 Å².